The SMILES string of the molecule is CO[C@@H]1CCO[C@]2(CCN(CC(=O)O)C2)C1. The van der Waals surface area contributed by atoms with Gasteiger partial charge in [0.15, 0.2) is 0 Å². The number of hydrogen-bond acceptors (Lipinski definition) is 4. The molecule has 2 saturated heterocycles. The van der Waals surface area contributed by atoms with Gasteiger partial charge in [-0.25, -0.2) is 0 Å². The van der Waals surface area contributed by atoms with Crippen molar-refractivity contribution in [1.29, 1.82) is 0 Å². The second-order valence-corrected chi connectivity index (χ2v) is 4.74. The molecule has 0 unspecified atom stereocenters. The van der Waals surface area contributed by atoms with Gasteiger partial charge in [0.25, 0.3) is 0 Å². The Hall–Kier alpha value is -0.650. The molecule has 16 heavy (non-hydrogen) atoms. The van der Waals surface area contributed by atoms with Crippen molar-refractivity contribution in [3.8, 4) is 0 Å². The first kappa shape index (κ1) is 11.8. The summed E-state index contributed by atoms with van der Waals surface area (Å²) in [4.78, 5) is 12.6. The van der Waals surface area contributed by atoms with E-state index in [-0.39, 0.29) is 18.2 Å². The number of aliphatic carboxylic acids is 1. The van der Waals surface area contributed by atoms with Crippen molar-refractivity contribution in [3.05, 3.63) is 0 Å². The molecule has 1 N–H and O–H groups in total. The number of methoxy groups -OCH3 is 1. The molecule has 5 nitrogen and oxygen atoms in total. The van der Waals surface area contributed by atoms with Crippen LogP contribution in [0.4, 0.5) is 0 Å². The van der Waals surface area contributed by atoms with Gasteiger partial charge < -0.3 is 14.6 Å². The van der Waals surface area contributed by atoms with Crippen LogP contribution in [0, 0.1) is 0 Å². The maximum Gasteiger partial charge on any atom is 0.317 e. The number of carbonyl (C=O) groups is 1. The highest BCUT2D eigenvalue weighted by Gasteiger charge is 2.43. The molecule has 0 aromatic carbocycles. The van der Waals surface area contributed by atoms with Crippen LogP contribution >= 0.6 is 0 Å². The van der Waals surface area contributed by atoms with E-state index < -0.39 is 5.97 Å². The van der Waals surface area contributed by atoms with Crippen molar-refractivity contribution in [2.75, 3.05) is 33.4 Å². The molecule has 2 aliphatic heterocycles. The van der Waals surface area contributed by atoms with Crippen molar-refractivity contribution >= 4 is 5.97 Å². The largest absolute Gasteiger partial charge is 0.480 e. The number of rotatable bonds is 3. The standard InChI is InChI=1S/C11H19NO4/c1-15-9-2-5-16-11(6-9)3-4-12(8-11)7-10(13)14/h9H,2-8H2,1H3,(H,13,14)/t9-,11-/m1/s1. The van der Waals surface area contributed by atoms with E-state index in [2.05, 4.69) is 0 Å². The van der Waals surface area contributed by atoms with Crippen molar-refractivity contribution < 1.29 is 19.4 Å². The number of ether oxygens (including phenoxy) is 2. The summed E-state index contributed by atoms with van der Waals surface area (Å²) in [6.07, 6.45) is 3.01. The Labute approximate surface area is 95.3 Å². The molecule has 0 aliphatic carbocycles. The van der Waals surface area contributed by atoms with Gasteiger partial charge in [-0.15, -0.1) is 0 Å². The molecule has 2 heterocycles. The molecule has 0 bridgehead atoms. The number of likely N-dealkylation sites (tertiary alicyclic amines) is 1. The lowest BCUT2D eigenvalue weighted by atomic mass is 9.91. The monoisotopic (exact) mass is 229 g/mol. The van der Waals surface area contributed by atoms with Crippen molar-refractivity contribution in [2.45, 2.75) is 31.0 Å². The zero-order valence-corrected chi connectivity index (χ0v) is 9.65. The fourth-order valence-corrected chi connectivity index (χ4v) is 2.72. The van der Waals surface area contributed by atoms with Crippen LogP contribution in [0.2, 0.25) is 0 Å². The molecular formula is C11H19NO4. The summed E-state index contributed by atoms with van der Waals surface area (Å²) >= 11 is 0. The van der Waals surface area contributed by atoms with Crippen LogP contribution in [0.25, 0.3) is 0 Å². The molecule has 92 valence electrons. The minimum Gasteiger partial charge on any atom is -0.480 e. The number of hydrogen-bond donors (Lipinski definition) is 1. The first-order chi connectivity index (χ1) is 7.63. The Bertz CT molecular complexity index is 271. The van der Waals surface area contributed by atoms with E-state index in [0.29, 0.717) is 0 Å². The first-order valence-electron chi connectivity index (χ1n) is 5.74. The van der Waals surface area contributed by atoms with E-state index in [0.717, 1.165) is 39.0 Å². The molecule has 2 atom stereocenters. The van der Waals surface area contributed by atoms with Crippen LogP contribution in [0.5, 0.6) is 0 Å². The molecular weight excluding hydrogens is 210 g/mol. The van der Waals surface area contributed by atoms with Crippen molar-refractivity contribution in [3.63, 3.8) is 0 Å². The van der Waals surface area contributed by atoms with Gasteiger partial charge in [0, 0.05) is 33.2 Å². The lowest BCUT2D eigenvalue weighted by molar-refractivity contribution is -0.139. The summed E-state index contributed by atoms with van der Waals surface area (Å²) in [5.41, 5.74) is -0.158. The summed E-state index contributed by atoms with van der Waals surface area (Å²) in [6, 6.07) is 0. The fourth-order valence-electron chi connectivity index (χ4n) is 2.72. The normalized spacial score (nSPS) is 35.7. The maximum absolute atomic E-state index is 10.6. The zero-order valence-electron chi connectivity index (χ0n) is 9.65. The first-order valence-corrected chi connectivity index (χ1v) is 5.74. The molecule has 5 heteroatoms. The second kappa shape index (κ2) is 4.69. The van der Waals surface area contributed by atoms with Crippen LogP contribution in [0.1, 0.15) is 19.3 Å². The van der Waals surface area contributed by atoms with Crippen LogP contribution < -0.4 is 0 Å². The Morgan fingerprint density at radius 2 is 2.50 bits per heavy atom. The predicted molar refractivity (Wildman–Crippen MR) is 57.4 cm³/mol. The van der Waals surface area contributed by atoms with Crippen LogP contribution in [-0.2, 0) is 14.3 Å². The van der Waals surface area contributed by atoms with E-state index in [4.69, 9.17) is 14.6 Å². The summed E-state index contributed by atoms with van der Waals surface area (Å²) < 4.78 is 11.2. The lowest BCUT2D eigenvalue weighted by Gasteiger charge is -2.37. The Morgan fingerprint density at radius 1 is 1.69 bits per heavy atom. The molecule has 0 aromatic heterocycles. The van der Waals surface area contributed by atoms with Crippen LogP contribution in [-0.4, -0.2) is 61.0 Å². The average molecular weight is 229 g/mol. The second-order valence-electron chi connectivity index (χ2n) is 4.74. The van der Waals surface area contributed by atoms with E-state index in [1.165, 1.54) is 0 Å². The van der Waals surface area contributed by atoms with Gasteiger partial charge in [-0.2, -0.15) is 0 Å². The average Bonchev–Trinajstić information content (AvgIpc) is 2.60. The highest BCUT2D eigenvalue weighted by molar-refractivity contribution is 5.69. The van der Waals surface area contributed by atoms with E-state index in [1.54, 1.807) is 7.11 Å². The van der Waals surface area contributed by atoms with Crippen LogP contribution in [0.15, 0.2) is 0 Å². The number of carboxylic acid groups (broad SMARTS) is 1. The van der Waals surface area contributed by atoms with Gasteiger partial charge >= 0.3 is 5.97 Å². The van der Waals surface area contributed by atoms with E-state index in [1.807, 2.05) is 4.90 Å². The third kappa shape index (κ3) is 2.53. The maximum atomic E-state index is 10.6. The summed E-state index contributed by atoms with van der Waals surface area (Å²) in [7, 11) is 1.73. The quantitative estimate of drug-likeness (QED) is 0.756. The predicted octanol–water partition coefficient (Wildman–Crippen LogP) is 0.341. The van der Waals surface area contributed by atoms with Gasteiger partial charge in [0.2, 0.25) is 0 Å². The van der Waals surface area contributed by atoms with Gasteiger partial charge in [-0.1, -0.05) is 0 Å². The van der Waals surface area contributed by atoms with Crippen molar-refractivity contribution in [1.82, 2.24) is 4.90 Å². The van der Waals surface area contributed by atoms with Gasteiger partial charge in [-0.3, -0.25) is 9.69 Å². The minimum atomic E-state index is -0.767. The molecule has 1 spiro atoms. The lowest BCUT2D eigenvalue weighted by Crippen LogP contribution is -2.45. The smallest absolute Gasteiger partial charge is 0.317 e. The molecule has 0 amide bonds. The molecule has 2 aliphatic rings. The third-order valence-electron chi connectivity index (χ3n) is 3.54. The minimum absolute atomic E-state index is 0.114. The summed E-state index contributed by atoms with van der Waals surface area (Å²) in [6.45, 7) is 2.37. The summed E-state index contributed by atoms with van der Waals surface area (Å²) in [5, 5.41) is 8.75. The van der Waals surface area contributed by atoms with Gasteiger partial charge in [-0.05, 0) is 12.8 Å². The molecule has 0 aromatic rings. The summed E-state index contributed by atoms with van der Waals surface area (Å²) in [5.74, 6) is -0.767. The Morgan fingerprint density at radius 3 is 3.19 bits per heavy atom. The third-order valence-corrected chi connectivity index (χ3v) is 3.54. The van der Waals surface area contributed by atoms with Gasteiger partial charge in [0.05, 0.1) is 18.2 Å². The van der Waals surface area contributed by atoms with E-state index >= 15 is 0 Å². The highest BCUT2D eigenvalue weighted by Crippen LogP contribution is 2.34. The molecule has 2 rings (SSSR count). The number of nitrogens with zero attached hydrogens (tertiary/aromatic N) is 1. The fraction of sp³-hybridized carbons (Fsp3) is 0.909. The topological polar surface area (TPSA) is 59.0 Å². The Balaban J connectivity index is 1.92. The van der Waals surface area contributed by atoms with Gasteiger partial charge in [0.1, 0.15) is 0 Å². The molecule has 2 fully saturated rings. The van der Waals surface area contributed by atoms with E-state index in [9.17, 15) is 4.79 Å². The molecule has 0 saturated carbocycles. The number of carboxylic acids is 1. The zero-order chi connectivity index (χ0) is 11.6. The molecule has 0 radical (unpaired) electrons. The Kier molecular flexibility index (Phi) is 3.47. The van der Waals surface area contributed by atoms with Crippen LogP contribution in [0.3, 0.4) is 0 Å². The highest BCUT2D eigenvalue weighted by atomic mass is 16.5. The van der Waals surface area contributed by atoms with Crippen molar-refractivity contribution in [2.24, 2.45) is 0 Å².